The minimum atomic E-state index is -3.45. The third-order valence-electron chi connectivity index (χ3n) is 4.26. The SMILES string of the molecule is C#CCOc1ccccc1CNCc1ccc(S(=O)(=O)N(C)C(C)C)cc1. The van der Waals surface area contributed by atoms with Crippen molar-refractivity contribution in [3.05, 3.63) is 59.7 Å². The van der Waals surface area contributed by atoms with Gasteiger partial charge >= 0.3 is 0 Å². The average molecular weight is 387 g/mol. The summed E-state index contributed by atoms with van der Waals surface area (Å²) in [5, 5.41) is 3.34. The van der Waals surface area contributed by atoms with Crippen molar-refractivity contribution in [2.24, 2.45) is 0 Å². The molecule has 0 heterocycles. The molecule has 0 aliphatic heterocycles. The number of rotatable bonds is 9. The van der Waals surface area contributed by atoms with Crippen LogP contribution in [0, 0.1) is 12.3 Å². The number of nitrogens with one attached hydrogen (secondary N) is 1. The third kappa shape index (κ3) is 5.57. The second-order valence-electron chi connectivity index (χ2n) is 6.46. The van der Waals surface area contributed by atoms with Crippen LogP contribution in [0.2, 0.25) is 0 Å². The Balaban J connectivity index is 1.98. The number of hydrogen-bond donors (Lipinski definition) is 1. The van der Waals surface area contributed by atoms with Gasteiger partial charge in [-0.15, -0.1) is 6.42 Å². The van der Waals surface area contributed by atoms with Gasteiger partial charge in [0.2, 0.25) is 10.0 Å². The lowest BCUT2D eigenvalue weighted by Crippen LogP contribution is -2.33. The molecule has 2 aromatic carbocycles. The highest BCUT2D eigenvalue weighted by Crippen LogP contribution is 2.19. The van der Waals surface area contributed by atoms with Crippen LogP contribution in [-0.2, 0) is 23.1 Å². The van der Waals surface area contributed by atoms with Gasteiger partial charge in [-0.2, -0.15) is 4.31 Å². The Kier molecular flexibility index (Phi) is 7.43. The number of para-hydroxylation sites is 1. The zero-order valence-electron chi connectivity index (χ0n) is 16.0. The van der Waals surface area contributed by atoms with Gasteiger partial charge in [-0.3, -0.25) is 0 Å². The summed E-state index contributed by atoms with van der Waals surface area (Å²) in [6.07, 6.45) is 5.24. The summed E-state index contributed by atoms with van der Waals surface area (Å²) in [7, 11) is -1.86. The summed E-state index contributed by atoms with van der Waals surface area (Å²) in [5.74, 6) is 3.23. The molecule has 1 N–H and O–H groups in total. The predicted octanol–water partition coefficient (Wildman–Crippen LogP) is 3.02. The highest BCUT2D eigenvalue weighted by atomic mass is 32.2. The zero-order valence-corrected chi connectivity index (χ0v) is 16.8. The number of hydrogen-bond acceptors (Lipinski definition) is 4. The van der Waals surface area contributed by atoms with E-state index in [0.29, 0.717) is 18.0 Å². The molecule has 0 radical (unpaired) electrons. The zero-order chi connectivity index (χ0) is 19.9. The molecule has 5 nitrogen and oxygen atoms in total. The molecule has 0 aliphatic rings. The van der Waals surface area contributed by atoms with E-state index in [9.17, 15) is 8.42 Å². The minimum Gasteiger partial charge on any atom is -0.481 e. The first-order valence-electron chi connectivity index (χ1n) is 8.78. The van der Waals surface area contributed by atoms with Gasteiger partial charge in [-0.1, -0.05) is 36.3 Å². The van der Waals surface area contributed by atoms with Crippen molar-refractivity contribution in [2.75, 3.05) is 13.7 Å². The fraction of sp³-hybridized carbons (Fsp3) is 0.333. The Labute approximate surface area is 162 Å². The Hall–Kier alpha value is -2.33. The van der Waals surface area contributed by atoms with E-state index in [0.717, 1.165) is 16.9 Å². The molecule has 0 amide bonds. The van der Waals surface area contributed by atoms with Crippen molar-refractivity contribution in [2.45, 2.75) is 37.9 Å². The lowest BCUT2D eigenvalue weighted by molar-refractivity contribution is 0.365. The van der Waals surface area contributed by atoms with Crippen molar-refractivity contribution in [3.8, 4) is 18.1 Å². The molecular formula is C21H26N2O3S. The fourth-order valence-electron chi connectivity index (χ4n) is 2.47. The minimum absolute atomic E-state index is 0.0897. The second kappa shape index (κ2) is 9.56. The Morgan fingerprint density at radius 1 is 1.11 bits per heavy atom. The first kappa shape index (κ1) is 21.0. The molecule has 2 aromatic rings. The van der Waals surface area contributed by atoms with E-state index in [1.807, 2.05) is 50.2 Å². The summed E-state index contributed by atoms with van der Waals surface area (Å²) in [6.45, 7) is 5.17. The largest absolute Gasteiger partial charge is 0.481 e. The van der Waals surface area contributed by atoms with E-state index in [4.69, 9.17) is 11.2 Å². The Bertz CT molecular complexity index is 884. The molecule has 0 saturated heterocycles. The molecule has 0 aliphatic carbocycles. The summed E-state index contributed by atoms with van der Waals surface area (Å²) in [4.78, 5) is 0.301. The van der Waals surface area contributed by atoms with Gasteiger partial charge in [0.1, 0.15) is 12.4 Å². The summed E-state index contributed by atoms with van der Waals surface area (Å²) in [5.41, 5.74) is 2.02. The molecule has 0 aromatic heterocycles. The number of benzene rings is 2. The number of nitrogens with zero attached hydrogens (tertiary/aromatic N) is 1. The van der Waals surface area contributed by atoms with Gasteiger partial charge in [0.05, 0.1) is 4.90 Å². The van der Waals surface area contributed by atoms with E-state index in [1.54, 1.807) is 19.2 Å². The maximum absolute atomic E-state index is 12.5. The predicted molar refractivity (Wildman–Crippen MR) is 108 cm³/mol. The molecule has 0 spiro atoms. The molecule has 27 heavy (non-hydrogen) atoms. The van der Waals surface area contributed by atoms with Gasteiger partial charge in [-0.05, 0) is 37.6 Å². The Morgan fingerprint density at radius 3 is 2.41 bits per heavy atom. The molecule has 2 rings (SSSR count). The van der Waals surface area contributed by atoms with E-state index in [2.05, 4.69) is 11.2 Å². The lowest BCUT2D eigenvalue weighted by atomic mass is 10.2. The van der Waals surface area contributed by atoms with Crippen LogP contribution in [0.4, 0.5) is 0 Å². The van der Waals surface area contributed by atoms with Crippen molar-refractivity contribution in [1.82, 2.24) is 9.62 Å². The van der Waals surface area contributed by atoms with E-state index >= 15 is 0 Å². The van der Waals surface area contributed by atoms with Crippen LogP contribution in [0.3, 0.4) is 0 Å². The van der Waals surface area contributed by atoms with Crippen molar-refractivity contribution < 1.29 is 13.2 Å². The first-order valence-corrected chi connectivity index (χ1v) is 10.2. The van der Waals surface area contributed by atoms with Gasteiger partial charge < -0.3 is 10.1 Å². The summed E-state index contributed by atoms with van der Waals surface area (Å²) in [6, 6.07) is 14.6. The van der Waals surface area contributed by atoms with Crippen LogP contribution in [0.15, 0.2) is 53.4 Å². The smallest absolute Gasteiger partial charge is 0.243 e. The van der Waals surface area contributed by atoms with Crippen LogP contribution in [0.1, 0.15) is 25.0 Å². The Morgan fingerprint density at radius 2 is 1.78 bits per heavy atom. The van der Waals surface area contributed by atoms with E-state index in [-0.39, 0.29) is 12.6 Å². The van der Waals surface area contributed by atoms with Crippen LogP contribution >= 0.6 is 0 Å². The van der Waals surface area contributed by atoms with Crippen LogP contribution < -0.4 is 10.1 Å². The van der Waals surface area contributed by atoms with Crippen LogP contribution in [-0.4, -0.2) is 32.4 Å². The third-order valence-corrected chi connectivity index (χ3v) is 6.30. The van der Waals surface area contributed by atoms with Crippen molar-refractivity contribution >= 4 is 10.0 Å². The second-order valence-corrected chi connectivity index (χ2v) is 8.46. The van der Waals surface area contributed by atoms with Gasteiger partial charge in [0.25, 0.3) is 0 Å². The monoisotopic (exact) mass is 386 g/mol. The molecule has 0 saturated carbocycles. The molecule has 6 heteroatoms. The first-order chi connectivity index (χ1) is 12.9. The number of terminal acetylenes is 1. The summed E-state index contributed by atoms with van der Waals surface area (Å²) >= 11 is 0. The number of sulfonamides is 1. The lowest BCUT2D eigenvalue weighted by Gasteiger charge is -2.21. The fourth-order valence-corrected chi connectivity index (χ4v) is 3.84. The van der Waals surface area contributed by atoms with Gasteiger partial charge in [-0.25, -0.2) is 8.42 Å². The normalized spacial score (nSPS) is 11.6. The van der Waals surface area contributed by atoms with Crippen LogP contribution in [0.25, 0.3) is 0 Å². The van der Waals surface area contributed by atoms with E-state index in [1.165, 1.54) is 4.31 Å². The molecule has 0 fully saturated rings. The molecule has 144 valence electrons. The van der Waals surface area contributed by atoms with Crippen LogP contribution in [0.5, 0.6) is 5.75 Å². The van der Waals surface area contributed by atoms with E-state index < -0.39 is 10.0 Å². The molecular weight excluding hydrogens is 360 g/mol. The summed E-state index contributed by atoms with van der Waals surface area (Å²) < 4.78 is 31.9. The number of ether oxygens (including phenoxy) is 1. The van der Waals surface area contributed by atoms with Crippen molar-refractivity contribution in [3.63, 3.8) is 0 Å². The maximum atomic E-state index is 12.5. The molecule has 0 atom stereocenters. The maximum Gasteiger partial charge on any atom is 0.243 e. The quantitative estimate of drug-likeness (QED) is 0.673. The van der Waals surface area contributed by atoms with Gasteiger partial charge in [0.15, 0.2) is 0 Å². The van der Waals surface area contributed by atoms with Gasteiger partial charge in [0, 0.05) is 31.7 Å². The van der Waals surface area contributed by atoms with Crippen molar-refractivity contribution in [1.29, 1.82) is 0 Å². The standard InChI is InChI=1S/C21H26N2O3S/c1-5-14-26-21-9-7-6-8-19(21)16-22-15-18-10-12-20(13-11-18)27(24,25)23(4)17(2)3/h1,6-13,17,22H,14-16H2,2-4H3. The molecule has 0 bridgehead atoms. The topological polar surface area (TPSA) is 58.6 Å². The highest BCUT2D eigenvalue weighted by Gasteiger charge is 2.22. The molecule has 0 unspecified atom stereocenters. The highest BCUT2D eigenvalue weighted by molar-refractivity contribution is 7.89. The average Bonchev–Trinajstić information content (AvgIpc) is 2.67.